The van der Waals surface area contributed by atoms with E-state index in [4.69, 9.17) is 9.84 Å². The van der Waals surface area contributed by atoms with E-state index in [9.17, 15) is 9.59 Å². The van der Waals surface area contributed by atoms with Gasteiger partial charge in [0.15, 0.2) is 0 Å². The first-order valence-electron chi connectivity index (χ1n) is 9.61. The highest BCUT2D eigenvalue weighted by molar-refractivity contribution is 5.77. The number of carboxylic acid groups (broad SMARTS) is 1. The normalized spacial score (nSPS) is 10.8. The van der Waals surface area contributed by atoms with Gasteiger partial charge in [-0.25, -0.2) is 4.79 Å². The summed E-state index contributed by atoms with van der Waals surface area (Å²) in [6.45, 7) is 2.40. The number of carbonyl (C=O) groups is 2. The molecule has 0 atom stereocenters. The molecule has 1 amide bonds. The summed E-state index contributed by atoms with van der Waals surface area (Å²) in [7, 11) is 1.74. The molecule has 0 unspecified atom stereocenters. The Labute approximate surface area is 147 Å². The molecule has 0 spiro atoms. The fourth-order valence-corrected chi connectivity index (χ4v) is 2.65. The number of rotatable bonds is 17. The van der Waals surface area contributed by atoms with Crippen molar-refractivity contribution in [1.29, 1.82) is 0 Å². The van der Waals surface area contributed by atoms with Gasteiger partial charge in [0.1, 0.15) is 13.2 Å². The van der Waals surface area contributed by atoms with Crippen molar-refractivity contribution in [2.45, 2.75) is 84.0 Å². The topological polar surface area (TPSA) is 66.8 Å². The standard InChI is InChI=1S/C19H37NO4/c1-3-4-5-6-7-8-9-10-11-12-13-14-15-20(2)18(21)16-24-17-19(22)23/h3-17H2,1-2H3,(H,22,23). The van der Waals surface area contributed by atoms with Crippen molar-refractivity contribution in [1.82, 2.24) is 4.90 Å². The molecule has 5 nitrogen and oxygen atoms in total. The maximum Gasteiger partial charge on any atom is 0.329 e. The lowest BCUT2D eigenvalue weighted by molar-refractivity contribution is -0.145. The first-order valence-corrected chi connectivity index (χ1v) is 9.61. The van der Waals surface area contributed by atoms with Gasteiger partial charge in [-0.2, -0.15) is 0 Å². The first-order chi connectivity index (χ1) is 11.6. The summed E-state index contributed by atoms with van der Waals surface area (Å²) in [5.74, 6) is -1.20. The lowest BCUT2D eigenvalue weighted by Gasteiger charge is -2.16. The van der Waals surface area contributed by atoms with E-state index in [2.05, 4.69) is 6.92 Å². The van der Waals surface area contributed by atoms with Gasteiger partial charge in [-0.3, -0.25) is 4.79 Å². The minimum Gasteiger partial charge on any atom is -0.480 e. The molecule has 5 heteroatoms. The number of carboxylic acids is 1. The molecular formula is C19H37NO4. The second-order valence-electron chi connectivity index (χ2n) is 6.59. The Balaban J connectivity index is 3.31. The lowest BCUT2D eigenvalue weighted by Crippen LogP contribution is -2.31. The van der Waals surface area contributed by atoms with Crippen LogP contribution in [0.25, 0.3) is 0 Å². The summed E-state index contributed by atoms with van der Waals surface area (Å²) in [6.07, 6.45) is 15.6. The van der Waals surface area contributed by atoms with E-state index in [1.54, 1.807) is 11.9 Å². The van der Waals surface area contributed by atoms with Crippen LogP contribution >= 0.6 is 0 Å². The average molecular weight is 344 g/mol. The van der Waals surface area contributed by atoms with Crippen LogP contribution in [0.4, 0.5) is 0 Å². The summed E-state index contributed by atoms with van der Waals surface area (Å²) in [5, 5.41) is 8.44. The molecular weight excluding hydrogens is 306 g/mol. The smallest absolute Gasteiger partial charge is 0.329 e. The molecule has 0 aromatic rings. The minimum atomic E-state index is -1.05. The first kappa shape index (κ1) is 22.9. The molecule has 0 saturated carbocycles. The van der Waals surface area contributed by atoms with Crippen molar-refractivity contribution in [2.75, 3.05) is 26.8 Å². The van der Waals surface area contributed by atoms with Gasteiger partial charge in [0.05, 0.1) is 0 Å². The van der Waals surface area contributed by atoms with Gasteiger partial charge in [0.25, 0.3) is 0 Å². The summed E-state index contributed by atoms with van der Waals surface area (Å²) >= 11 is 0. The third-order valence-electron chi connectivity index (χ3n) is 4.22. The Bertz CT molecular complexity index is 320. The van der Waals surface area contributed by atoms with Crippen molar-refractivity contribution in [3.05, 3.63) is 0 Å². The molecule has 1 N–H and O–H groups in total. The molecule has 142 valence electrons. The summed E-state index contributed by atoms with van der Waals surface area (Å²) in [4.78, 5) is 23.6. The molecule has 0 saturated heterocycles. The average Bonchev–Trinajstić information content (AvgIpc) is 2.55. The van der Waals surface area contributed by atoms with E-state index in [1.165, 1.54) is 64.2 Å². The molecule has 0 radical (unpaired) electrons. The van der Waals surface area contributed by atoms with Crippen molar-refractivity contribution in [2.24, 2.45) is 0 Å². The monoisotopic (exact) mass is 343 g/mol. The Morgan fingerprint density at radius 3 is 1.71 bits per heavy atom. The zero-order valence-electron chi connectivity index (χ0n) is 15.7. The predicted octanol–water partition coefficient (Wildman–Crippen LogP) is 4.25. The van der Waals surface area contributed by atoms with Crippen LogP contribution < -0.4 is 0 Å². The fraction of sp³-hybridized carbons (Fsp3) is 0.895. The lowest BCUT2D eigenvalue weighted by atomic mass is 10.1. The van der Waals surface area contributed by atoms with Gasteiger partial charge in [-0.05, 0) is 6.42 Å². The Morgan fingerprint density at radius 2 is 1.25 bits per heavy atom. The van der Waals surface area contributed by atoms with Crippen molar-refractivity contribution < 1.29 is 19.4 Å². The van der Waals surface area contributed by atoms with Crippen molar-refractivity contribution >= 4 is 11.9 Å². The zero-order chi connectivity index (χ0) is 18.0. The van der Waals surface area contributed by atoms with E-state index in [-0.39, 0.29) is 12.5 Å². The van der Waals surface area contributed by atoms with Gasteiger partial charge in [0.2, 0.25) is 5.91 Å². The molecule has 0 aromatic heterocycles. The molecule has 0 rings (SSSR count). The largest absolute Gasteiger partial charge is 0.480 e. The van der Waals surface area contributed by atoms with E-state index >= 15 is 0 Å². The van der Waals surface area contributed by atoms with Crippen LogP contribution in [-0.2, 0) is 14.3 Å². The summed E-state index contributed by atoms with van der Waals surface area (Å²) < 4.78 is 4.80. The van der Waals surface area contributed by atoms with Gasteiger partial charge >= 0.3 is 5.97 Å². The number of likely N-dealkylation sites (N-methyl/N-ethyl adjacent to an activating group) is 1. The molecule has 0 aromatic carbocycles. The molecule has 24 heavy (non-hydrogen) atoms. The van der Waals surface area contributed by atoms with E-state index in [0.29, 0.717) is 6.54 Å². The molecule has 0 heterocycles. The van der Waals surface area contributed by atoms with Gasteiger partial charge in [0, 0.05) is 13.6 Å². The molecule has 0 aliphatic rings. The summed E-state index contributed by atoms with van der Waals surface area (Å²) in [6, 6.07) is 0. The second kappa shape index (κ2) is 16.7. The van der Waals surface area contributed by atoms with Crippen molar-refractivity contribution in [3.63, 3.8) is 0 Å². The van der Waals surface area contributed by atoms with E-state index < -0.39 is 12.6 Å². The number of carbonyl (C=O) groups excluding carboxylic acids is 1. The number of nitrogens with zero attached hydrogens (tertiary/aromatic N) is 1. The fourth-order valence-electron chi connectivity index (χ4n) is 2.65. The third-order valence-corrected chi connectivity index (χ3v) is 4.22. The maximum atomic E-state index is 11.7. The SMILES string of the molecule is CCCCCCCCCCCCCCN(C)C(=O)COCC(=O)O. The van der Waals surface area contributed by atoms with Crippen LogP contribution in [0.1, 0.15) is 84.0 Å². The Kier molecular flexibility index (Phi) is 16.0. The van der Waals surface area contributed by atoms with Crippen LogP contribution in [0.2, 0.25) is 0 Å². The van der Waals surface area contributed by atoms with E-state index in [1.807, 2.05) is 0 Å². The second-order valence-corrected chi connectivity index (χ2v) is 6.59. The number of hydrogen-bond donors (Lipinski definition) is 1. The van der Waals surface area contributed by atoms with Gasteiger partial charge in [-0.15, -0.1) is 0 Å². The highest BCUT2D eigenvalue weighted by Gasteiger charge is 2.09. The van der Waals surface area contributed by atoms with Crippen LogP contribution in [0.3, 0.4) is 0 Å². The van der Waals surface area contributed by atoms with Gasteiger partial charge in [-0.1, -0.05) is 77.6 Å². The highest BCUT2D eigenvalue weighted by Crippen LogP contribution is 2.12. The molecule has 0 bridgehead atoms. The van der Waals surface area contributed by atoms with Crippen LogP contribution in [0.5, 0.6) is 0 Å². The Morgan fingerprint density at radius 1 is 0.792 bits per heavy atom. The maximum absolute atomic E-state index is 11.7. The van der Waals surface area contributed by atoms with Gasteiger partial charge < -0.3 is 14.7 Å². The quantitative estimate of drug-likeness (QED) is 0.401. The number of unbranched alkanes of at least 4 members (excludes halogenated alkanes) is 11. The molecule has 0 aliphatic carbocycles. The summed E-state index contributed by atoms with van der Waals surface area (Å²) in [5.41, 5.74) is 0. The van der Waals surface area contributed by atoms with Crippen molar-refractivity contribution in [3.8, 4) is 0 Å². The molecule has 0 fully saturated rings. The van der Waals surface area contributed by atoms with E-state index in [0.717, 1.165) is 12.8 Å². The number of hydrogen-bond acceptors (Lipinski definition) is 3. The number of aliphatic carboxylic acids is 1. The predicted molar refractivity (Wildman–Crippen MR) is 97.2 cm³/mol. The Hall–Kier alpha value is -1.10. The van der Waals surface area contributed by atoms with Crippen LogP contribution in [0.15, 0.2) is 0 Å². The zero-order valence-corrected chi connectivity index (χ0v) is 15.7. The van der Waals surface area contributed by atoms with Crippen LogP contribution in [0, 0.1) is 0 Å². The molecule has 0 aliphatic heterocycles. The highest BCUT2D eigenvalue weighted by atomic mass is 16.5. The minimum absolute atomic E-state index is 0.152. The van der Waals surface area contributed by atoms with Crippen LogP contribution in [-0.4, -0.2) is 48.7 Å². The third kappa shape index (κ3) is 15.8. The number of amides is 1. The number of ether oxygens (including phenoxy) is 1.